The fourth-order valence-electron chi connectivity index (χ4n) is 3.53. The molecule has 2 aromatic heterocycles. The third-order valence-corrected chi connectivity index (χ3v) is 4.92. The molecule has 28 heavy (non-hydrogen) atoms. The van der Waals surface area contributed by atoms with Crippen molar-refractivity contribution >= 4 is 11.0 Å². The molecule has 0 saturated carbocycles. The van der Waals surface area contributed by atoms with Crippen molar-refractivity contribution in [2.45, 2.75) is 24.9 Å². The number of halogens is 2. The van der Waals surface area contributed by atoms with Crippen LogP contribution < -0.4 is 5.32 Å². The number of hydrogen-bond donors (Lipinski definition) is 1. The maximum absolute atomic E-state index is 13.4. The topological polar surface area (TPSA) is 68.8 Å². The molecule has 4 aromatic rings. The Hall–Kier alpha value is -3.13. The van der Waals surface area contributed by atoms with Gasteiger partial charge in [0.15, 0.2) is 0 Å². The molecule has 1 aliphatic heterocycles. The molecule has 1 saturated heterocycles. The maximum Gasteiger partial charge on any atom is 0.262 e. The summed E-state index contributed by atoms with van der Waals surface area (Å²) in [6.45, 7) is 0.277. The average molecular weight is 381 g/mol. The highest BCUT2D eigenvalue weighted by Crippen LogP contribution is 2.33. The third kappa shape index (κ3) is 3.16. The summed E-state index contributed by atoms with van der Waals surface area (Å²) in [5.74, 6) is -2.16. The molecule has 8 heteroatoms. The SMILES string of the molecule is FC1(F)CNC(c2nc(-c3cccc(Cn4cnc5ccccc54)c3)no2)C1. The lowest BCUT2D eigenvalue weighted by molar-refractivity contribution is 0.0200. The summed E-state index contributed by atoms with van der Waals surface area (Å²) >= 11 is 0. The molecule has 1 aliphatic rings. The zero-order valence-corrected chi connectivity index (χ0v) is 14.8. The lowest BCUT2D eigenvalue weighted by Gasteiger charge is -2.06. The first-order chi connectivity index (χ1) is 13.6. The molecule has 0 amide bonds. The van der Waals surface area contributed by atoms with Gasteiger partial charge in [0.05, 0.1) is 29.9 Å². The van der Waals surface area contributed by atoms with E-state index in [1.807, 2.05) is 54.9 Å². The van der Waals surface area contributed by atoms with Gasteiger partial charge in [-0.2, -0.15) is 4.98 Å². The van der Waals surface area contributed by atoms with Crippen LogP contribution in [0.15, 0.2) is 59.4 Å². The van der Waals surface area contributed by atoms with Crippen molar-refractivity contribution in [2.75, 3.05) is 6.54 Å². The third-order valence-electron chi connectivity index (χ3n) is 4.92. The molecule has 1 atom stereocenters. The van der Waals surface area contributed by atoms with Crippen LogP contribution in [0.2, 0.25) is 0 Å². The van der Waals surface area contributed by atoms with E-state index < -0.39 is 12.0 Å². The molecule has 2 aromatic carbocycles. The Labute approximate surface area is 159 Å². The molecule has 142 valence electrons. The summed E-state index contributed by atoms with van der Waals surface area (Å²) in [5.41, 5.74) is 3.84. The number of nitrogens with one attached hydrogen (secondary N) is 1. The predicted molar refractivity (Wildman–Crippen MR) is 98.9 cm³/mol. The monoisotopic (exact) mass is 381 g/mol. The molecule has 0 spiro atoms. The Morgan fingerprint density at radius 3 is 2.93 bits per heavy atom. The van der Waals surface area contributed by atoms with Gasteiger partial charge < -0.3 is 9.09 Å². The summed E-state index contributed by atoms with van der Waals surface area (Å²) in [6.07, 6.45) is 1.48. The van der Waals surface area contributed by atoms with Gasteiger partial charge in [0.25, 0.3) is 5.92 Å². The molecular weight excluding hydrogens is 364 g/mol. The van der Waals surface area contributed by atoms with E-state index in [1.165, 1.54) is 0 Å². The number of hydrogen-bond acceptors (Lipinski definition) is 5. The Kier molecular flexibility index (Phi) is 3.94. The van der Waals surface area contributed by atoms with Crippen molar-refractivity contribution in [3.63, 3.8) is 0 Å². The van der Waals surface area contributed by atoms with Gasteiger partial charge in [0.2, 0.25) is 11.7 Å². The fourth-order valence-corrected chi connectivity index (χ4v) is 3.53. The lowest BCUT2D eigenvalue weighted by Crippen LogP contribution is -2.19. The van der Waals surface area contributed by atoms with Crippen molar-refractivity contribution in [2.24, 2.45) is 0 Å². The van der Waals surface area contributed by atoms with Gasteiger partial charge in [-0.1, -0.05) is 35.5 Å². The minimum absolute atomic E-state index is 0.193. The molecule has 1 unspecified atom stereocenters. The van der Waals surface area contributed by atoms with Gasteiger partial charge in [0.1, 0.15) is 0 Å². The van der Waals surface area contributed by atoms with E-state index in [0.29, 0.717) is 12.4 Å². The number of nitrogens with zero attached hydrogens (tertiary/aromatic N) is 4. The number of imidazole rings is 1. The van der Waals surface area contributed by atoms with Crippen molar-refractivity contribution in [1.29, 1.82) is 0 Å². The van der Waals surface area contributed by atoms with Gasteiger partial charge in [-0.15, -0.1) is 0 Å². The number of para-hydroxylation sites is 2. The second-order valence-electron chi connectivity index (χ2n) is 7.01. The molecular formula is C20H17F2N5O. The van der Waals surface area contributed by atoms with Crippen LogP contribution in [-0.4, -0.2) is 32.2 Å². The Morgan fingerprint density at radius 2 is 2.07 bits per heavy atom. The highest BCUT2D eigenvalue weighted by atomic mass is 19.3. The van der Waals surface area contributed by atoms with Gasteiger partial charge in [-0.3, -0.25) is 5.32 Å². The molecule has 3 heterocycles. The Bertz CT molecular complexity index is 1140. The second kappa shape index (κ2) is 6.49. The van der Waals surface area contributed by atoms with Crippen molar-refractivity contribution in [3.8, 4) is 11.4 Å². The minimum atomic E-state index is -2.74. The summed E-state index contributed by atoms with van der Waals surface area (Å²) in [4.78, 5) is 8.73. The van der Waals surface area contributed by atoms with E-state index in [1.54, 1.807) is 0 Å². The average Bonchev–Trinajstić information content (AvgIpc) is 3.41. The first-order valence-electron chi connectivity index (χ1n) is 9.01. The number of alkyl halides is 2. The highest BCUT2D eigenvalue weighted by Gasteiger charge is 2.42. The van der Waals surface area contributed by atoms with Crippen LogP contribution in [0.25, 0.3) is 22.4 Å². The van der Waals surface area contributed by atoms with Gasteiger partial charge in [-0.05, 0) is 23.8 Å². The summed E-state index contributed by atoms with van der Waals surface area (Å²) in [7, 11) is 0. The van der Waals surface area contributed by atoms with E-state index in [0.717, 1.165) is 22.2 Å². The van der Waals surface area contributed by atoms with Crippen molar-refractivity contribution < 1.29 is 13.3 Å². The molecule has 1 N–H and O–H groups in total. The normalized spacial score (nSPS) is 18.7. The van der Waals surface area contributed by atoms with E-state index in [9.17, 15) is 8.78 Å². The Morgan fingerprint density at radius 1 is 1.18 bits per heavy atom. The number of fused-ring (bicyclic) bond motifs is 1. The first-order valence-corrected chi connectivity index (χ1v) is 9.01. The van der Waals surface area contributed by atoms with E-state index in [4.69, 9.17) is 4.52 Å². The molecule has 0 radical (unpaired) electrons. The van der Waals surface area contributed by atoms with Crippen LogP contribution >= 0.6 is 0 Å². The zero-order chi connectivity index (χ0) is 19.1. The first kappa shape index (κ1) is 17.0. The van der Waals surface area contributed by atoms with Crippen molar-refractivity contribution in [1.82, 2.24) is 25.0 Å². The van der Waals surface area contributed by atoms with Gasteiger partial charge in [-0.25, -0.2) is 13.8 Å². The van der Waals surface area contributed by atoms with Gasteiger partial charge >= 0.3 is 0 Å². The molecule has 6 nitrogen and oxygen atoms in total. The maximum atomic E-state index is 13.4. The van der Waals surface area contributed by atoms with E-state index >= 15 is 0 Å². The predicted octanol–water partition coefficient (Wildman–Crippen LogP) is 3.80. The smallest absolute Gasteiger partial charge is 0.262 e. The summed E-state index contributed by atoms with van der Waals surface area (Å²) in [6, 6.07) is 15.1. The largest absolute Gasteiger partial charge is 0.337 e. The molecule has 0 aliphatic carbocycles. The van der Waals surface area contributed by atoms with Crippen LogP contribution in [0.1, 0.15) is 23.9 Å². The summed E-state index contributed by atoms with van der Waals surface area (Å²) < 4.78 is 34.1. The molecule has 5 rings (SSSR count). The van der Waals surface area contributed by atoms with Crippen LogP contribution in [0.5, 0.6) is 0 Å². The van der Waals surface area contributed by atoms with Crippen LogP contribution in [0.3, 0.4) is 0 Å². The minimum Gasteiger partial charge on any atom is -0.337 e. The van der Waals surface area contributed by atoms with Crippen LogP contribution in [-0.2, 0) is 6.54 Å². The fraction of sp³-hybridized carbons (Fsp3) is 0.250. The van der Waals surface area contributed by atoms with Crippen LogP contribution in [0, 0.1) is 0 Å². The highest BCUT2D eigenvalue weighted by molar-refractivity contribution is 5.75. The van der Waals surface area contributed by atoms with Crippen LogP contribution in [0.4, 0.5) is 8.78 Å². The van der Waals surface area contributed by atoms with Gasteiger partial charge in [0, 0.05) is 18.5 Å². The van der Waals surface area contributed by atoms with E-state index in [-0.39, 0.29) is 18.9 Å². The van der Waals surface area contributed by atoms with Crippen molar-refractivity contribution in [3.05, 3.63) is 66.3 Å². The standard InChI is InChI=1S/C20H17F2N5O/c21-20(22)9-16(23-11-20)19-25-18(26-28-19)14-5-3-4-13(8-14)10-27-12-24-15-6-1-2-7-17(15)27/h1-8,12,16,23H,9-11H2. The number of aromatic nitrogens is 4. The number of rotatable bonds is 4. The Balaban J connectivity index is 1.39. The zero-order valence-electron chi connectivity index (χ0n) is 14.8. The number of benzene rings is 2. The lowest BCUT2D eigenvalue weighted by atomic mass is 10.1. The molecule has 1 fully saturated rings. The summed E-state index contributed by atoms with van der Waals surface area (Å²) in [5, 5.41) is 6.71. The second-order valence-corrected chi connectivity index (χ2v) is 7.01. The van der Waals surface area contributed by atoms with E-state index in [2.05, 4.69) is 25.0 Å². The molecule has 0 bridgehead atoms. The quantitative estimate of drug-likeness (QED) is 0.582.